The number of thiophene rings is 1. The fourth-order valence-corrected chi connectivity index (χ4v) is 5.82. The topological polar surface area (TPSA) is 68.3 Å². The quantitative estimate of drug-likeness (QED) is 0.563. The van der Waals surface area contributed by atoms with Gasteiger partial charge in [0.15, 0.2) is 0 Å². The van der Waals surface area contributed by atoms with E-state index in [-0.39, 0.29) is 16.2 Å². The molecule has 0 unspecified atom stereocenters. The van der Waals surface area contributed by atoms with Crippen LogP contribution < -0.4 is 9.46 Å². The van der Waals surface area contributed by atoms with Gasteiger partial charge < -0.3 is 4.74 Å². The molecule has 0 aliphatic heterocycles. The van der Waals surface area contributed by atoms with Crippen LogP contribution in [-0.4, -0.2) is 20.0 Å². The maximum Gasteiger partial charge on any atom is 0.250 e. The van der Waals surface area contributed by atoms with Crippen molar-refractivity contribution < 1.29 is 13.2 Å². The zero-order valence-electron chi connectivity index (χ0n) is 16.4. The monoisotopic (exact) mass is 436 g/mol. The Labute approximate surface area is 174 Å². The Balaban J connectivity index is 1.73. The van der Waals surface area contributed by atoms with Crippen LogP contribution in [0.1, 0.15) is 39.0 Å². The average molecular weight is 437 g/mol. The number of hydrogen-bond donors (Lipinski definition) is 1. The second kappa shape index (κ2) is 8.32. The van der Waals surface area contributed by atoms with Crippen molar-refractivity contribution in [3.05, 3.63) is 52.3 Å². The molecule has 0 bridgehead atoms. The van der Waals surface area contributed by atoms with Crippen molar-refractivity contribution in [2.75, 3.05) is 6.61 Å². The highest BCUT2D eigenvalue weighted by Gasteiger charge is 2.21. The van der Waals surface area contributed by atoms with Crippen molar-refractivity contribution >= 4 is 32.7 Å². The molecule has 2 heterocycles. The van der Waals surface area contributed by atoms with Crippen LogP contribution >= 0.6 is 22.7 Å². The molecule has 1 aromatic carbocycles. The lowest BCUT2D eigenvalue weighted by atomic mass is 9.93. The third-order valence-electron chi connectivity index (χ3n) is 4.04. The van der Waals surface area contributed by atoms with Crippen LogP contribution in [0, 0.1) is 0 Å². The molecule has 0 spiro atoms. The Bertz CT molecular complexity index is 1050. The van der Waals surface area contributed by atoms with E-state index in [1.807, 2.05) is 41.9 Å². The molecule has 0 fully saturated rings. The van der Waals surface area contributed by atoms with Gasteiger partial charge >= 0.3 is 0 Å². The molecule has 0 saturated heterocycles. The van der Waals surface area contributed by atoms with Gasteiger partial charge in [-0.3, -0.25) is 0 Å². The third kappa shape index (κ3) is 5.00. The Morgan fingerprint density at radius 3 is 2.61 bits per heavy atom. The summed E-state index contributed by atoms with van der Waals surface area (Å²) in [5.74, 6) is 0.732. The van der Waals surface area contributed by atoms with Crippen molar-refractivity contribution in [3.8, 4) is 16.3 Å². The van der Waals surface area contributed by atoms with E-state index in [9.17, 15) is 8.42 Å². The summed E-state index contributed by atoms with van der Waals surface area (Å²) in [6, 6.07) is 9.11. The minimum atomic E-state index is -3.59. The lowest BCUT2D eigenvalue weighted by Crippen LogP contribution is -2.22. The molecule has 0 atom stereocenters. The molecule has 2 aromatic heterocycles. The number of rotatable bonds is 7. The molecule has 0 saturated carbocycles. The molecule has 0 aliphatic rings. The van der Waals surface area contributed by atoms with Crippen LogP contribution in [-0.2, 0) is 22.0 Å². The predicted molar refractivity (Wildman–Crippen MR) is 116 cm³/mol. The number of nitrogens with zero attached hydrogens (tertiary/aromatic N) is 1. The van der Waals surface area contributed by atoms with Crippen LogP contribution in [0.2, 0.25) is 0 Å². The second-order valence-electron chi connectivity index (χ2n) is 7.35. The number of thiazole rings is 1. The molecule has 1 N–H and O–H groups in total. The Kier molecular flexibility index (Phi) is 6.24. The van der Waals surface area contributed by atoms with Gasteiger partial charge in [0.1, 0.15) is 15.0 Å². The van der Waals surface area contributed by atoms with Crippen LogP contribution in [0.3, 0.4) is 0 Å². The molecule has 0 amide bonds. The first-order chi connectivity index (χ1) is 13.2. The highest BCUT2D eigenvalue weighted by atomic mass is 32.2. The van der Waals surface area contributed by atoms with Crippen LogP contribution in [0.5, 0.6) is 5.75 Å². The summed E-state index contributed by atoms with van der Waals surface area (Å²) >= 11 is 2.74. The summed E-state index contributed by atoms with van der Waals surface area (Å²) in [4.78, 5) is 4.66. The molecule has 8 heteroatoms. The number of hydrogen-bond acceptors (Lipinski definition) is 6. The van der Waals surface area contributed by atoms with Gasteiger partial charge in [0, 0.05) is 28.3 Å². The summed E-state index contributed by atoms with van der Waals surface area (Å²) in [6.45, 7) is 9.03. The zero-order valence-corrected chi connectivity index (χ0v) is 18.8. The fourth-order valence-electron chi connectivity index (χ4n) is 2.48. The third-order valence-corrected chi connectivity index (χ3v) is 7.77. The van der Waals surface area contributed by atoms with E-state index in [1.54, 1.807) is 6.07 Å². The van der Waals surface area contributed by atoms with Crippen LogP contribution in [0.15, 0.2) is 45.3 Å². The summed E-state index contributed by atoms with van der Waals surface area (Å²) in [6.07, 6.45) is 0. The van der Waals surface area contributed by atoms with Gasteiger partial charge in [0.05, 0.1) is 12.3 Å². The number of aromatic nitrogens is 1. The van der Waals surface area contributed by atoms with E-state index in [2.05, 4.69) is 30.5 Å². The molecular weight excluding hydrogens is 412 g/mol. The van der Waals surface area contributed by atoms with Crippen LogP contribution in [0.25, 0.3) is 10.6 Å². The number of nitrogens with one attached hydrogen (secondary N) is 1. The summed E-state index contributed by atoms with van der Waals surface area (Å²) in [5.41, 5.74) is 2.66. The first kappa shape index (κ1) is 21.0. The van der Waals surface area contributed by atoms with Gasteiger partial charge in [-0.2, -0.15) is 0 Å². The Morgan fingerprint density at radius 2 is 1.93 bits per heavy atom. The van der Waals surface area contributed by atoms with Crippen molar-refractivity contribution in [2.45, 2.75) is 43.9 Å². The van der Waals surface area contributed by atoms with Gasteiger partial charge in [0.2, 0.25) is 10.0 Å². The van der Waals surface area contributed by atoms with Crippen molar-refractivity contribution in [1.82, 2.24) is 9.71 Å². The van der Waals surface area contributed by atoms with Gasteiger partial charge in [0.25, 0.3) is 0 Å². The Morgan fingerprint density at radius 1 is 1.14 bits per heavy atom. The van der Waals surface area contributed by atoms with Gasteiger partial charge in [-0.05, 0) is 30.7 Å². The first-order valence-electron chi connectivity index (χ1n) is 8.95. The minimum Gasteiger partial charge on any atom is -0.494 e. The van der Waals surface area contributed by atoms with E-state index in [4.69, 9.17) is 4.74 Å². The summed E-state index contributed by atoms with van der Waals surface area (Å²) < 4.78 is 33.8. The molecular formula is C20H24N2O3S3. The average Bonchev–Trinajstić information content (AvgIpc) is 3.30. The molecule has 3 rings (SSSR count). The highest BCUT2D eigenvalue weighted by Crippen LogP contribution is 2.33. The smallest absolute Gasteiger partial charge is 0.250 e. The molecule has 5 nitrogen and oxygen atoms in total. The fraction of sp³-hybridized carbons (Fsp3) is 0.350. The second-order valence-corrected chi connectivity index (χ2v) is 11.1. The molecule has 0 radical (unpaired) electrons. The number of ether oxygens (including phenoxy) is 1. The predicted octanol–water partition coefficient (Wildman–Crippen LogP) is 5.05. The van der Waals surface area contributed by atoms with E-state index in [0.29, 0.717) is 6.61 Å². The van der Waals surface area contributed by atoms with E-state index in [0.717, 1.165) is 27.6 Å². The van der Waals surface area contributed by atoms with E-state index >= 15 is 0 Å². The van der Waals surface area contributed by atoms with E-state index < -0.39 is 10.0 Å². The van der Waals surface area contributed by atoms with Crippen molar-refractivity contribution in [1.29, 1.82) is 0 Å². The molecule has 3 aromatic rings. The molecule has 0 aliphatic carbocycles. The highest BCUT2D eigenvalue weighted by molar-refractivity contribution is 7.91. The van der Waals surface area contributed by atoms with E-state index in [1.165, 1.54) is 22.7 Å². The SMILES string of the molecule is CCOc1cccc(CNS(=O)(=O)c2cc(-c3nc(C(C)(C)C)cs3)cs2)c1. The molecule has 150 valence electrons. The minimum absolute atomic E-state index is 0.0305. The lowest BCUT2D eigenvalue weighted by molar-refractivity contribution is 0.340. The number of benzene rings is 1. The van der Waals surface area contributed by atoms with Crippen molar-refractivity contribution in [2.24, 2.45) is 0 Å². The summed E-state index contributed by atoms with van der Waals surface area (Å²) in [5, 5.41) is 4.72. The lowest BCUT2D eigenvalue weighted by Gasteiger charge is -2.14. The maximum atomic E-state index is 12.7. The van der Waals surface area contributed by atoms with Gasteiger partial charge in [-0.25, -0.2) is 18.1 Å². The van der Waals surface area contributed by atoms with Crippen molar-refractivity contribution in [3.63, 3.8) is 0 Å². The normalized spacial score (nSPS) is 12.3. The largest absolute Gasteiger partial charge is 0.494 e. The number of sulfonamides is 1. The first-order valence-corrected chi connectivity index (χ1v) is 12.2. The maximum absolute atomic E-state index is 12.7. The molecule has 28 heavy (non-hydrogen) atoms. The Hall–Kier alpha value is -1.74. The zero-order chi connectivity index (χ0) is 20.4. The van der Waals surface area contributed by atoms with Gasteiger partial charge in [-0.1, -0.05) is 32.9 Å². The standard InChI is InChI=1S/C20H24N2O3S3/c1-5-25-16-8-6-7-14(9-16)11-21-28(23,24)18-10-15(12-26-18)19-22-17(13-27-19)20(2,3)4/h6-10,12-13,21H,5,11H2,1-4H3. The van der Waals surface area contributed by atoms with Crippen LogP contribution in [0.4, 0.5) is 0 Å². The van der Waals surface area contributed by atoms with Gasteiger partial charge in [-0.15, -0.1) is 22.7 Å². The summed E-state index contributed by atoms with van der Waals surface area (Å²) in [7, 11) is -3.59.